The summed E-state index contributed by atoms with van der Waals surface area (Å²) in [5.41, 5.74) is -0.846. The fourth-order valence-corrected chi connectivity index (χ4v) is 1.92. The summed E-state index contributed by atoms with van der Waals surface area (Å²) in [5, 5.41) is 22.0. The van der Waals surface area contributed by atoms with Crippen molar-refractivity contribution in [3.05, 3.63) is 0 Å². The molecule has 0 aromatic rings. The van der Waals surface area contributed by atoms with E-state index in [-0.39, 0.29) is 12.6 Å². The smallest absolute Gasteiger partial charge is 0.407 e. The van der Waals surface area contributed by atoms with E-state index in [1.807, 2.05) is 0 Å². The number of aliphatic hydroxyl groups is 1. The van der Waals surface area contributed by atoms with Gasteiger partial charge >= 0.3 is 6.09 Å². The first-order valence-electron chi connectivity index (χ1n) is 5.03. The third-order valence-electron chi connectivity index (χ3n) is 2.92. The molecule has 5 nitrogen and oxygen atoms in total. The van der Waals surface area contributed by atoms with Gasteiger partial charge in [0, 0.05) is 12.6 Å². The molecule has 5 heteroatoms. The summed E-state index contributed by atoms with van der Waals surface area (Å²) in [5.74, 6) is 0. The molecule has 0 aromatic heterocycles. The van der Waals surface area contributed by atoms with Crippen LogP contribution in [0.25, 0.3) is 0 Å². The Morgan fingerprint density at radius 3 is 2.71 bits per heavy atom. The molecule has 0 bridgehead atoms. The molecule has 2 rings (SSSR count). The van der Waals surface area contributed by atoms with Crippen molar-refractivity contribution >= 4 is 6.09 Å². The Hall–Kier alpha value is -0.810. The molecule has 0 radical (unpaired) electrons. The largest absolute Gasteiger partial charge is 0.465 e. The Balaban J connectivity index is 1.95. The molecule has 80 valence electrons. The highest BCUT2D eigenvalue weighted by Gasteiger charge is 2.40. The van der Waals surface area contributed by atoms with Crippen LogP contribution < -0.4 is 5.32 Å². The van der Waals surface area contributed by atoms with Crippen LogP contribution in [0.15, 0.2) is 0 Å². The predicted octanol–water partition coefficient (Wildman–Crippen LogP) is -0.147. The fraction of sp³-hybridized carbons (Fsp3) is 0.889. The van der Waals surface area contributed by atoms with Crippen molar-refractivity contribution in [2.24, 2.45) is 0 Å². The zero-order chi connectivity index (χ0) is 10.2. The molecule has 1 unspecified atom stereocenters. The second-order valence-electron chi connectivity index (χ2n) is 4.29. The number of nitrogens with zero attached hydrogens (tertiary/aromatic N) is 1. The number of nitrogens with one attached hydrogen (secondary N) is 1. The molecule has 1 atom stereocenters. The van der Waals surface area contributed by atoms with Gasteiger partial charge in [-0.3, -0.25) is 0 Å². The summed E-state index contributed by atoms with van der Waals surface area (Å²) in [4.78, 5) is 12.3. The van der Waals surface area contributed by atoms with Crippen LogP contribution in [-0.2, 0) is 0 Å². The summed E-state index contributed by atoms with van der Waals surface area (Å²) in [7, 11) is 0. The maximum atomic E-state index is 10.9. The Morgan fingerprint density at radius 2 is 2.29 bits per heavy atom. The summed E-state index contributed by atoms with van der Waals surface area (Å²) in [6, 6.07) is 0.150. The molecule has 1 aliphatic heterocycles. The topological polar surface area (TPSA) is 72.8 Å². The van der Waals surface area contributed by atoms with E-state index in [1.54, 1.807) is 0 Å². The van der Waals surface area contributed by atoms with E-state index in [2.05, 4.69) is 5.32 Å². The lowest BCUT2D eigenvalue weighted by atomic mass is 10.0. The third kappa shape index (κ3) is 1.99. The standard InChI is InChI=1S/C9H16N2O3/c12-8(13)11(7-1-2-7)6-9(14)3-4-10-5-9/h7,10,14H,1-6H2,(H,12,13). The highest BCUT2D eigenvalue weighted by Crippen LogP contribution is 2.29. The zero-order valence-electron chi connectivity index (χ0n) is 8.07. The maximum Gasteiger partial charge on any atom is 0.407 e. The number of hydrogen-bond acceptors (Lipinski definition) is 3. The normalized spacial score (nSPS) is 31.8. The number of β-amino-alcohol motifs (C(OH)–C–C–N with tert-alkyl or cyclic N) is 1. The third-order valence-corrected chi connectivity index (χ3v) is 2.92. The lowest BCUT2D eigenvalue weighted by Crippen LogP contribution is -2.47. The van der Waals surface area contributed by atoms with Gasteiger partial charge in [-0.2, -0.15) is 0 Å². The molecule has 2 fully saturated rings. The molecule has 0 spiro atoms. The van der Waals surface area contributed by atoms with Gasteiger partial charge in [0.2, 0.25) is 0 Å². The molecule has 1 heterocycles. The van der Waals surface area contributed by atoms with Crippen molar-refractivity contribution in [2.45, 2.75) is 30.9 Å². The molecule has 14 heavy (non-hydrogen) atoms. The Morgan fingerprint density at radius 1 is 1.57 bits per heavy atom. The number of amides is 1. The van der Waals surface area contributed by atoms with Crippen molar-refractivity contribution in [1.82, 2.24) is 10.2 Å². The van der Waals surface area contributed by atoms with Gasteiger partial charge in [0.25, 0.3) is 0 Å². The van der Waals surface area contributed by atoms with E-state index in [9.17, 15) is 9.90 Å². The van der Waals surface area contributed by atoms with Crippen molar-refractivity contribution in [1.29, 1.82) is 0 Å². The lowest BCUT2D eigenvalue weighted by Gasteiger charge is -2.28. The van der Waals surface area contributed by atoms with Gasteiger partial charge in [0.1, 0.15) is 0 Å². The van der Waals surface area contributed by atoms with E-state index >= 15 is 0 Å². The number of rotatable bonds is 3. The average molecular weight is 200 g/mol. The van der Waals surface area contributed by atoms with Gasteiger partial charge < -0.3 is 20.4 Å². The van der Waals surface area contributed by atoms with E-state index < -0.39 is 11.7 Å². The molecule has 1 saturated carbocycles. The van der Waals surface area contributed by atoms with Crippen molar-refractivity contribution in [3.63, 3.8) is 0 Å². The van der Waals surface area contributed by atoms with Crippen LogP contribution in [0.4, 0.5) is 4.79 Å². The molecule has 2 aliphatic rings. The van der Waals surface area contributed by atoms with E-state index in [1.165, 1.54) is 4.90 Å². The first-order valence-corrected chi connectivity index (χ1v) is 5.03. The SMILES string of the molecule is O=C(O)N(CC1(O)CCNC1)C1CC1. The number of carbonyl (C=O) groups is 1. The Kier molecular flexibility index (Phi) is 2.36. The lowest BCUT2D eigenvalue weighted by molar-refractivity contribution is 0.0206. The molecule has 3 N–H and O–H groups in total. The van der Waals surface area contributed by atoms with Crippen LogP contribution in [-0.4, -0.2) is 52.5 Å². The minimum Gasteiger partial charge on any atom is -0.465 e. The van der Waals surface area contributed by atoms with Gasteiger partial charge in [-0.1, -0.05) is 0 Å². The monoisotopic (exact) mass is 200 g/mol. The summed E-state index contributed by atoms with van der Waals surface area (Å²) in [6.45, 7) is 1.53. The summed E-state index contributed by atoms with van der Waals surface area (Å²) < 4.78 is 0. The zero-order valence-corrected chi connectivity index (χ0v) is 8.07. The van der Waals surface area contributed by atoms with Gasteiger partial charge in [0.15, 0.2) is 0 Å². The highest BCUT2D eigenvalue weighted by molar-refractivity contribution is 5.66. The molecule has 1 amide bonds. The fourth-order valence-electron chi connectivity index (χ4n) is 1.92. The van der Waals surface area contributed by atoms with Crippen molar-refractivity contribution in [2.75, 3.05) is 19.6 Å². The number of hydrogen-bond donors (Lipinski definition) is 3. The molecule has 1 saturated heterocycles. The average Bonchev–Trinajstić information content (AvgIpc) is 2.86. The first-order chi connectivity index (χ1) is 6.61. The number of carboxylic acid groups (broad SMARTS) is 1. The minimum absolute atomic E-state index is 0.150. The van der Waals surface area contributed by atoms with Crippen LogP contribution in [0, 0.1) is 0 Å². The summed E-state index contributed by atoms with van der Waals surface area (Å²) in [6.07, 6.45) is 1.61. The van der Waals surface area contributed by atoms with Gasteiger partial charge in [-0.05, 0) is 25.8 Å². The van der Waals surface area contributed by atoms with Gasteiger partial charge in [-0.25, -0.2) is 4.79 Å². The Bertz CT molecular complexity index is 234. The van der Waals surface area contributed by atoms with Crippen LogP contribution >= 0.6 is 0 Å². The maximum absolute atomic E-state index is 10.9. The first kappa shape index (κ1) is 9.73. The molecular weight excluding hydrogens is 184 g/mol. The van der Waals surface area contributed by atoms with E-state index in [0.717, 1.165) is 19.4 Å². The highest BCUT2D eigenvalue weighted by atomic mass is 16.4. The van der Waals surface area contributed by atoms with Crippen LogP contribution in [0.5, 0.6) is 0 Å². The van der Waals surface area contributed by atoms with E-state index in [4.69, 9.17) is 5.11 Å². The Labute approximate surface area is 82.7 Å². The minimum atomic E-state index is -0.909. The van der Waals surface area contributed by atoms with Gasteiger partial charge in [-0.15, -0.1) is 0 Å². The molecular formula is C9H16N2O3. The second-order valence-corrected chi connectivity index (χ2v) is 4.29. The van der Waals surface area contributed by atoms with Crippen molar-refractivity contribution < 1.29 is 15.0 Å². The predicted molar refractivity (Wildman–Crippen MR) is 50.2 cm³/mol. The van der Waals surface area contributed by atoms with Crippen molar-refractivity contribution in [3.8, 4) is 0 Å². The van der Waals surface area contributed by atoms with Crippen LogP contribution in [0.3, 0.4) is 0 Å². The second kappa shape index (κ2) is 3.40. The summed E-state index contributed by atoms with van der Waals surface area (Å²) >= 11 is 0. The molecule has 1 aliphatic carbocycles. The van der Waals surface area contributed by atoms with Crippen LogP contribution in [0.2, 0.25) is 0 Å². The quantitative estimate of drug-likeness (QED) is 0.592. The van der Waals surface area contributed by atoms with Gasteiger partial charge in [0.05, 0.1) is 12.1 Å². The van der Waals surface area contributed by atoms with Crippen LogP contribution in [0.1, 0.15) is 19.3 Å². The van der Waals surface area contributed by atoms with E-state index in [0.29, 0.717) is 13.0 Å². The molecule has 0 aromatic carbocycles.